The third kappa shape index (κ3) is 3.31. The molecular formula is C14H11ClFNO. The molecule has 2 rings (SSSR count). The average Bonchev–Trinajstić information content (AvgIpc) is 2.38. The molecule has 0 atom stereocenters. The van der Waals surface area contributed by atoms with Crippen LogP contribution in [0.1, 0.15) is 12.5 Å². The molecule has 0 fully saturated rings. The molecule has 0 saturated carbocycles. The maximum absolute atomic E-state index is 12.7. The quantitative estimate of drug-likeness (QED) is 0.598. The summed E-state index contributed by atoms with van der Waals surface area (Å²) < 4.78 is 12.7. The third-order valence-corrected chi connectivity index (χ3v) is 2.58. The first-order valence-corrected chi connectivity index (χ1v) is 5.76. The van der Waals surface area contributed by atoms with Gasteiger partial charge in [0.05, 0.1) is 5.71 Å². The monoisotopic (exact) mass is 263 g/mol. The van der Waals surface area contributed by atoms with Crippen LogP contribution < -0.4 is 4.84 Å². The van der Waals surface area contributed by atoms with Gasteiger partial charge in [-0.15, -0.1) is 0 Å². The van der Waals surface area contributed by atoms with Gasteiger partial charge in [-0.2, -0.15) is 0 Å². The number of oxime groups is 1. The van der Waals surface area contributed by atoms with Crippen molar-refractivity contribution in [2.75, 3.05) is 0 Å². The lowest BCUT2D eigenvalue weighted by Crippen LogP contribution is -1.97. The van der Waals surface area contributed by atoms with Crippen LogP contribution in [0.4, 0.5) is 4.39 Å². The van der Waals surface area contributed by atoms with Gasteiger partial charge in [-0.25, -0.2) is 4.39 Å². The van der Waals surface area contributed by atoms with E-state index in [9.17, 15) is 4.39 Å². The summed E-state index contributed by atoms with van der Waals surface area (Å²) in [6.45, 7) is 1.81. The van der Waals surface area contributed by atoms with Crippen molar-refractivity contribution in [3.8, 4) is 5.75 Å². The zero-order valence-corrected chi connectivity index (χ0v) is 10.5. The Morgan fingerprint density at radius 2 is 1.89 bits per heavy atom. The summed E-state index contributed by atoms with van der Waals surface area (Å²) in [7, 11) is 0. The predicted octanol–water partition coefficient (Wildman–Crippen LogP) is 4.28. The van der Waals surface area contributed by atoms with Crippen molar-refractivity contribution in [3.05, 3.63) is 64.9 Å². The van der Waals surface area contributed by atoms with E-state index in [1.807, 2.05) is 19.1 Å². The molecule has 0 bridgehead atoms. The summed E-state index contributed by atoms with van der Waals surface area (Å²) in [5, 5.41) is 4.61. The van der Waals surface area contributed by atoms with Gasteiger partial charge in [0.1, 0.15) is 5.82 Å². The number of rotatable bonds is 3. The molecule has 0 radical (unpaired) electrons. The maximum Gasteiger partial charge on any atom is 0.158 e. The molecular weight excluding hydrogens is 253 g/mol. The minimum atomic E-state index is -0.308. The van der Waals surface area contributed by atoms with Gasteiger partial charge in [0, 0.05) is 10.6 Å². The Balaban J connectivity index is 2.11. The predicted molar refractivity (Wildman–Crippen MR) is 70.7 cm³/mol. The minimum Gasteiger partial charge on any atom is -0.357 e. The standard InChI is InChI=1S/C14H11ClFNO/c1-10(11-3-2-4-12(15)9-11)17-18-14-7-5-13(16)6-8-14/h2-9H,1H3/b17-10+. The van der Waals surface area contributed by atoms with Gasteiger partial charge < -0.3 is 4.84 Å². The first-order chi connectivity index (χ1) is 8.65. The fourth-order valence-electron chi connectivity index (χ4n) is 1.38. The second kappa shape index (κ2) is 5.65. The summed E-state index contributed by atoms with van der Waals surface area (Å²) in [6.07, 6.45) is 0. The van der Waals surface area contributed by atoms with Crippen LogP contribution in [0.15, 0.2) is 53.7 Å². The summed E-state index contributed by atoms with van der Waals surface area (Å²) in [4.78, 5) is 5.20. The highest BCUT2D eigenvalue weighted by atomic mass is 35.5. The Morgan fingerprint density at radius 1 is 1.17 bits per heavy atom. The third-order valence-electron chi connectivity index (χ3n) is 2.34. The lowest BCUT2D eigenvalue weighted by molar-refractivity contribution is 0.340. The molecule has 0 unspecified atom stereocenters. The molecule has 92 valence electrons. The molecule has 0 spiro atoms. The Hall–Kier alpha value is -1.87. The summed E-state index contributed by atoms with van der Waals surface area (Å²) in [6, 6.07) is 13.0. The fourth-order valence-corrected chi connectivity index (χ4v) is 1.57. The van der Waals surface area contributed by atoms with Crippen LogP contribution in [0.25, 0.3) is 0 Å². The van der Waals surface area contributed by atoms with Crippen molar-refractivity contribution in [3.63, 3.8) is 0 Å². The van der Waals surface area contributed by atoms with Gasteiger partial charge >= 0.3 is 0 Å². The van der Waals surface area contributed by atoms with Crippen molar-refractivity contribution in [1.29, 1.82) is 0 Å². The molecule has 0 heterocycles. The largest absolute Gasteiger partial charge is 0.357 e. The van der Waals surface area contributed by atoms with E-state index in [1.54, 1.807) is 12.1 Å². The maximum atomic E-state index is 12.7. The van der Waals surface area contributed by atoms with Crippen LogP contribution in [0.5, 0.6) is 5.75 Å². The molecule has 2 nitrogen and oxygen atoms in total. The molecule has 0 amide bonds. The molecule has 0 aliphatic rings. The number of hydrogen-bond acceptors (Lipinski definition) is 2. The van der Waals surface area contributed by atoms with E-state index < -0.39 is 0 Å². The summed E-state index contributed by atoms with van der Waals surface area (Å²) >= 11 is 5.89. The lowest BCUT2D eigenvalue weighted by atomic mass is 10.1. The highest BCUT2D eigenvalue weighted by molar-refractivity contribution is 6.31. The molecule has 0 aromatic heterocycles. The van der Waals surface area contributed by atoms with E-state index in [0.717, 1.165) is 5.56 Å². The van der Waals surface area contributed by atoms with Crippen molar-refractivity contribution in [1.82, 2.24) is 0 Å². The molecule has 0 aliphatic carbocycles. The number of benzene rings is 2. The molecule has 0 aliphatic heterocycles. The molecule has 0 saturated heterocycles. The minimum absolute atomic E-state index is 0.308. The normalized spacial score (nSPS) is 11.4. The molecule has 2 aromatic carbocycles. The van der Waals surface area contributed by atoms with Gasteiger partial charge in [0.15, 0.2) is 5.75 Å². The SMILES string of the molecule is C/C(=N\Oc1ccc(F)cc1)c1cccc(Cl)c1. The first-order valence-electron chi connectivity index (χ1n) is 5.38. The van der Waals surface area contributed by atoms with Crippen molar-refractivity contribution >= 4 is 17.3 Å². The van der Waals surface area contributed by atoms with Gasteiger partial charge in [-0.1, -0.05) is 28.9 Å². The van der Waals surface area contributed by atoms with E-state index in [4.69, 9.17) is 16.4 Å². The van der Waals surface area contributed by atoms with Crippen LogP contribution in [-0.4, -0.2) is 5.71 Å². The van der Waals surface area contributed by atoms with Crippen molar-refractivity contribution < 1.29 is 9.23 Å². The molecule has 2 aromatic rings. The lowest BCUT2D eigenvalue weighted by Gasteiger charge is -2.02. The second-order valence-electron chi connectivity index (χ2n) is 3.73. The fraction of sp³-hybridized carbons (Fsp3) is 0.0714. The van der Waals surface area contributed by atoms with Crippen LogP contribution >= 0.6 is 11.6 Å². The van der Waals surface area contributed by atoms with Crippen molar-refractivity contribution in [2.45, 2.75) is 6.92 Å². The van der Waals surface area contributed by atoms with Gasteiger partial charge in [0.2, 0.25) is 0 Å². The Morgan fingerprint density at radius 3 is 2.56 bits per heavy atom. The Bertz CT molecular complexity index is 566. The summed E-state index contributed by atoms with van der Waals surface area (Å²) in [5.74, 6) is 0.177. The first kappa shape index (κ1) is 12.6. The molecule has 18 heavy (non-hydrogen) atoms. The topological polar surface area (TPSA) is 21.6 Å². The molecule has 4 heteroatoms. The van der Waals surface area contributed by atoms with Crippen molar-refractivity contribution in [2.24, 2.45) is 5.16 Å². The van der Waals surface area contributed by atoms with Gasteiger partial charge in [0.25, 0.3) is 0 Å². The van der Waals surface area contributed by atoms with Crippen LogP contribution in [-0.2, 0) is 0 Å². The van der Waals surface area contributed by atoms with Crippen LogP contribution in [0.2, 0.25) is 5.02 Å². The van der Waals surface area contributed by atoms with Gasteiger partial charge in [-0.3, -0.25) is 0 Å². The number of nitrogens with zero attached hydrogens (tertiary/aromatic N) is 1. The Kier molecular flexibility index (Phi) is 3.95. The highest BCUT2D eigenvalue weighted by Gasteiger charge is 1.99. The van der Waals surface area contributed by atoms with E-state index in [2.05, 4.69) is 5.16 Å². The molecule has 0 N–H and O–H groups in total. The van der Waals surface area contributed by atoms with E-state index in [0.29, 0.717) is 16.5 Å². The van der Waals surface area contributed by atoms with E-state index >= 15 is 0 Å². The van der Waals surface area contributed by atoms with E-state index in [1.165, 1.54) is 24.3 Å². The van der Waals surface area contributed by atoms with E-state index in [-0.39, 0.29) is 5.82 Å². The summed E-state index contributed by atoms with van der Waals surface area (Å²) in [5.41, 5.74) is 1.58. The van der Waals surface area contributed by atoms with Crippen LogP contribution in [0.3, 0.4) is 0 Å². The highest BCUT2D eigenvalue weighted by Crippen LogP contribution is 2.14. The zero-order valence-electron chi connectivity index (χ0n) is 9.73. The second-order valence-corrected chi connectivity index (χ2v) is 4.17. The zero-order chi connectivity index (χ0) is 13.0. The number of halogens is 2. The average molecular weight is 264 g/mol. The Labute approximate surface area is 110 Å². The van der Waals surface area contributed by atoms with Gasteiger partial charge in [-0.05, 0) is 43.3 Å². The smallest absolute Gasteiger partial charge is 0.158 e. The van der Waals surface area contributed by atoms with Crippen LogP contribution in [0, 0.1) is 5.82 Å². The number of hydrogen-bond donors (Lipinski definition) is 0.